The number of rotatable bonds is 2. The average Bonchev–Trinajstić information content (AvgIpc) is 2.01. The molecule has 1 aromatic carbocycles. The first-order valence-electron chi connectivity index (χ1n) is 4.61. The summed E-state index contributed by atoms with van der Waals surface area (Å²) in [6.45, 7) is 2.98. The Morgan fingerprint density at radius 2 is 2.31 bits per heavy atom. The third-order valence-electron chi connectivity index (χ3n) is 2.44. The van der Waals surface area contributed by atoms with Gasteiger partial charge in [-0.1, -0.05) is 23.8 Å². The third kappa shape index (κ3) is 1.63. The quantitative estimate of drug-likeness (QED) is 0.691. The van der Waals surface area contributed by atoms with Crippen LogP contribution in [0.25, 0.3) is 0 Å². The molecule has 0 radical (unpaired) electrons. The fourth-order valence-corrected chi connectivity index (χ4v) is 1.51. The average molecular weight is 175 g/mol. The maximum absolute atomic E-state index is 11.7. The molecule has 2 rings (SSSR count). The maximum Gasteiger partial charge on any atom is 0.179 e. The van der Waals surface area contributed by atoms with E-state index in [-0.39, 0.29) is 11.8 Å². The van der Waals surface area contributed by atoms with E-state index in [1.807, 2.05) is 31.2 Å². The molecule has 1 saturated heterocycles. The van der Waals surface area contributed by atoms with E-state index in [0.29, 0.717) is 0 Å². The first-order chi connectivity index (χ1) is 6.27. The summed E-state index contributed by atoms with van der Waals surface area (Å²) >= 11 is 0. The number of Topliss-reactive ketones (excluding diaryl/α,β-unsaturated/α-hetero) is 1. The topological polar surface area (TPSA) is 29.1 Å². The molecule has 68 valence electrons. The molecule has 2 nitrogen and oxygen atoms in total. The van der Waals surface area contributed by atoms with Crippen molar-refractivity contribution in [3.05, 3.63) is 35.4 Å². The largest absolute Gasteiger partial charge is 0.307 e. The van der Waals surface area contributed by atoms with Gasteiger partial charge in [0.15, 0.2) is 5.78 Å². The van der Waals surface area contributed by atoms with E-state index in [0.717, 1.165) is 24.1 Å². The van der Waals surface area contributed by atoms with Crippen molar-refractivity contribution < 1.29 is 4.79 Å². The lowest BCUT2D eigenvalue weighted by Gasteiger charge is -2.26. The molecular formula is C11H13NO. The monoisotopic (exact) mass is 175 g/mol. The highest BCUT2D eigenvalue weighted by Gasteiger charge is 2.25. The van der Waals surface area contributed by atoms with E-state index in [4.69, 9.17) is 0 Å². The van der Waals surface area contributed by atoms with E-state index in [1.54, 1.807) is 0 Å². The Kier molecular flexibility index (Phi) is 2.15. The Labute approximate surface area is 78.0 Å². The number of nitrogens with one attached hydrogen (secondary N) is 1. The maximum atomic E-state index is 11.7. The number of benzene rings is 1. The molecule has 0 aromatic heterocycles. The summed E-state index contributed by atoms with van der Waals surface area (Å²) in [6.07, 6.45) is 0.979. The summed E-state index contributed by atoms with van der Waals surface area (Å²) in [5, 5.41) is 3.11. The second-order valence-corrected chi connectivity index (χ2v) is 3.53. The standard InChI is InChI=1S/C11H13NO/c1-8-3-2-4-9(7-8)11(13)10-5-6-12-10/h2-4,7,10,12H,5-6H2,1H3. The molecule has 0 aliphatic carbocycles. The molecule has 1 aromatic rings. The van der Waals surface area contributed by atoms with Gasteiger partial charge in [0.2, 0.25) is 0 Å². The van der Waals surface area contributed by atoms with E-state index >= 15 is 0 Å². The zero-order valence-corrected chi connectivity index (χ0v) is 7.71. The first-order valence-corrected chi connectivity index (χ1v) is 4.61. The fraction of sp³-hybridized carbons (Fsp3) is 0.364. The molecular weight excluding hydrogens is 162 g/mol. The van der Waals surface area contributed by atoms with Crippen LogP contribution in [0.4, 0.5) is 0 Å². The van der Waals surface area contributed by atoms with E-state index in [9.17, 15) is 4.79 Å². The highest BCUT2D eigenvalue weighted by molar-refractivity contribution is 6.00. The molecule has 13 heavy (non-hydrogen) atoms. The van der Waals surface area contributed by atoms with Crippen molar-refractivity contribution in [1.29, 1.82) is 0 Å². The van der Waals surface area contributed by atoms with Gasteiger partial charge in [0.1, 0.15) is 0 Å². The van der Waals surface area contributed by atoms with E-state index in [2.05, 4.69) is 5.32 Å². The van der Waals surface area contributed by atoms with Gasteiger partial charge < -0.3 is 5.32 Å². The second kappa shape index (κ2) is 3.30. The predicted molar refractivity (Wildman–Crippen MR) is 51.9 cm³/mol. The summed E-state index contributed by atoms with van der Waals surface area (Å²) in [4.78, 5) is 11.7. The van der Waals surface area contributed by atoms with Gasteiger partial charge >= 0.3 is 0 Å². The van der Waals surface area contributed by atoms with Gasteiger partial charge in [-0.15, -0.1) is 0 Å². The van der Waals surface area contributed by atoms with Crippen LogP contribution in [-0.4, -0.2) is 18.4 Å². The van der Waals surface area contributed by atoms with Crippen LogP contribution >= 0.6 is 0 Å². The molecule has 0 spiro atoms. The molecule has 1 unspecified atom stereocenters. The molecule has 1 aliphatic heterocycles. The van der Waals surface area contributed by atoms with Crippen LogP contribution in [0.2, 0.25) is 0 Å². The Morgan fingerprint density at radius 3 is 2.85 bits per heavy atom. The van der Waals surface area contributed by atoms with Gasteiger partial charge in [-0.25, -0.2) is 0 Å². The molecule has 0 amide bonds. The van der Waals surface area contributed by atoms with Crippen LogP contribution in [0.1, 0.15) is 22.3 Å². The number of carbonyl (C=O) groups excluding carboxylic acids is 1. The highest BCUT2D eigenvalue weighted by Crippen LogP contribution is 2.12. The van der Waals surface area contributed by atoms with E-state index in [1.165, 1.54) is 0 Å². The van der Waals surface area contributed by atoms with Crippen LogP contribution in [-0.2, 0) is 0 Å². The zero-order chi connectivity index (χ0) is 9.26. The minimum Gasteiger partial charge on any atom is -0.307 e. The minimum atomic E-state index is 0.0711. The molecule has 1 N–H and O–H groups in total. The Balaban J connectivity index is 2.19. The predicted octanol–water partition coefficient (Wildman–Crippen LogP) is 1.54. The van der Waals surface area contributed by atoms with Gasteiger partial charge in [0.05, 0.1) is 6.04 Å². The van der Waals surface area contributed by atoms with Crippen LogP contribution in [0.3, 0.4) is 0 Å². The Morgan fingerprint density at radius 1 is 1.54 bits per heavy atom. The molecule has 2 heteroatoms. The molecule has 1 fully saturated rings. The summed E-state index contributed by atoms with van der Waals surface area (Å²) < 4.78 is 0. The lowest BCUT2D eigenvalue weighted by atomic mass is 9.96. The number of aryl methyl sites for hydroxylation is 1. The zero-order valence-electron chi connectivity index (χ0n) is 7.71. The van der Waals surface area contributed by atoms with Crippen LogP contribution in [0.15, 0.2) is 24.3 Å². The Hall–Kier alpha value is -1.15. The summed E-state index contributed by atoms with van der Waals surface area (Å²) in [5.74, 6) is 0.231. The number of ketones is 1. The van der Waals surface area contributed by atoms with Gasteiger partial charge in [-0.3, -0.25) is 4.79 Å². The van der Waals surface area contributed by atoms with Gasteiger partial charge in [-0.2, -0.15) is 0 Å². The number of carbonyl (C=O) groups is 1. The molecule has 0 bridgehead atoms. The van der Waals surface area contributed by atoms with Crippen molar-refractivity contribution in [2.75, 3.05) is 6.54 Å². The van der Waals surface area contributed by atoms with Gasteiger partial charge in [0.25, 0.3) is 0 Å². The normalized spacial score (nSPS) is 20.8. The Bertz CT molecular complexity index is 329. The van der Waals surface area contributed by atoms with Crippen molar-refractivity contribution >= 4 is 5.78 Å². The van der Waals surface area contributed by atoms with Gasteiger partial charge in [0, 0.05) is 5.56 Å². The van der Waals surface area contributed by atoms with Crippen LogP contribution in [0.5, 0.6) is 0 Å². The molecule has 0 saturated carbocycles. The summed E-state index contributed by atoms with van der Waals surface area (Å²) in [7, 11) is 0. The fourth-order valence-electron chi connectivity index (χ4n) is 1.51. The number of hydrogen-bond donors (Lipinski definition) is 1. The molecule has 1 aliphatic rings. The first kappa shape index (κ1) is 8.45. The number of hydrogen-bond acceptors (Lipinski definition) is 2. The van der Waals surface area contributed by atoms with Crippen molar-refractivity contribution in [3.8, 4) is 0 Å². The molecule has 1 atom stereocenters. The lowest BCUT2D eigenvalue weighted by molar-refractivity contribution is 0.0904. The minimum absolute atomic E-state index is 0.0711. The lowest BCUT2D eigenvalue weighted by Crippen LogP contribution is -2.48. The van der Waals surface area contributed by atoms with E-state index < -0.39 is 0 Å². The second-order valence-electron chi connectivity index (χ2n) is 3.53. The summed E-state index contributed by atoms with van der Waals surface area (Å²) in [5.41, 5.74) is 1.97. The third-order valence-corrected chi connectivity index (χ3v) is 2.44. The van der Waals surface area contributed by atoms with Crippen molar-refractivity contribution in [3.63, 3.8) is 0 Å². The smallest absolute Gasteiger partial charge is 0.179 e. The van der Waals surface area contributed by atoms with Crippen molar-refractivity contribution in [2.45, 2.75) is 19.4 Å². The summed E-state index contributed by atoms with van der Waals surface area (Å²) in [6, 6.07) is 7.84. The molecule has 1 heterocycles. The SMILES string of the molecule is Cc1cccc(C(=O)C2CCN2)c1. The van der Waals surface area contributed by atoms with Crippen molar-refractivity contribution in [1.82, 2.24) is 5.32 Å². The van der Waals surface area contributed by atoms with Crippen molar-refractivity contribution in [2.24, 2.45) is 0 Å². The highest BCUT2D eigenvalue weighted by atomic mass is 16.1. The van der Waals surface area contributed by atoms with Crippen LogP contribution in [0, 0.1) is 6.92 Å². The van der Waals surface area contributed by atoms with Crippen LogP contribution < -0.4 is 5.32 Å². The van der Waals surface area contributed by atoms with Gasteiger partial charge in [-0.05, 0) is 26.0 Å².